The smallest absolute Gasteiger partial charge is 0.325 e. The van der Waals surface area contributed by atoms with Crippen molar-refractivity contribution in [2.45, 2.75) is 26.3 Å². The number of anilines is 1. The summed E-state index contributed by atoms with van der Waals surface area (Å²) in [5.41, 5.74) is 6.70. The van der Waals surface area contributed by atoms with Gasteiger partial charge in [-0.3, -0.25) is 4.79 Å². The zero-order valence-electron chi connectivity index (χ0n) is 10.6. The molecule has 1 atom stereocenters. The number of aliphatic carboxylic acids is 1. The van der Waals surface area contributed by atoms with Crippen molar-refractivity contribution in [1.82, 2.24) is 0 Å². The molecule has 1 unspecified atom stereocenters. The van der Waals surface area contributed by atoms with Gasteiger partial charge in [0.25, 0.3) is 0 Å². The Bertz CT molecular complexity index is 402. The Morgan fingerprint density at radius 1 is 1.47 bits per heavy atom. The third-order valence-corrected chi connectivity index (χ3v) is 2.85. The number of hydrogen-bond acceptors (Lipinski definition) is 3. The van der Waals surface area contributed by atoms with Gasteiger partial charge >= 0.3 is 5.97 Å². The maximum Gasteiger partial charge on any atom is 0.325 e. The number of aryl methyl sites for hydroxylation is 1. The van der Waals surface area contributed by atoms with Gasteiger partial charge in [-0.1, -0.05) is 18.2 Å². The lowest BCUT2D eigenvalue weighted by Gasteiger charge is -2.31. The molecule has 0 spiro atoms. The summed E-state index contributed by atoms with van der Waals surface area (Å²) in [7, 11) is 0. The molecule has 0 aromatic heterocycles. The molecule has 0 aliphatic carbocycles. The van der Waals surface area contributed by atoms with Crippen LogP contribution in [0.2, 0.25) is 0 Å². The van der Waals surface area contributed by atoms with Gasteiger partial charge in [0, 0.05) is 18.8 Å². The zero-order chi connectivity index (χ0) is 13.1. The van der Waals surface area contributed by atoms with Crippen molar-refractivity contribution in [3.05, 3.63) is 29.8 Å². The van der Waals surface area contributed by atoms with Gasteiger partial charge in [-0.2, -0.15) is 0 Å². The van der Waals surface area contributed by atoms with Crippen molar-refractivity contribution in [3.8, 4) is 0 Å². The summed E-state index contributed by atoms with van der Waals surface area (Å²) in [5.74, 6) is -0.982. The first-order valence-corrected chi connectivity index (χ1v) is 5.71. The van der Waals surface area contributed by atoms with Crippen LogP contribution in [-0.4, -0.2) is 29.7 Å². The van der Waals surface area contributed by atoms with Gasteiger partial charge in [-0.25, -0.2) is 0 Å². The summed E-state index contributed by atoms with van der Waals surface area (Å²) in [6.45, 7) is 6.56. The lowest BCUT2D eigenvalue weighted by atomic mass is 10.0. The molecule has 4 heteroatoms. The van der Waals surface area contributed by atoms with Crippen LogP contribution in [0.4, 0.5) is 5.69 Å². The van der Waals surface area contributed by atoms with E-state index in [2.05, 4.69) is 0 Å². The van der Waals surface area contributed by atoms with E-state index in [0.29, 0.717) is 6.54 Å². The Labute approximate surface area is 102 Å². The van der Waals surface area contributed by atoms with Crippen molar-refractivity contribution in [2.75, 3.05) is 18.0 Å². The van der Waals surface area contributed by atoms with E-state index in [-0.39, 0.29) is 0 Å². The van der Waals surface area contributed by atoms with E-state index in [9.17, 15) is 4.79 Å². The molecule has 0 heterocycles. The fourth-order valence-electron chi connectivity index (χ4n) is 1.75. The molecule has 0 aliphatic rings. The highest BCUT2D eigenvalue weighted by molar-refractivity contribution is 5.79. The molecule has 0 saturated carbocycles. The van der Waals surface area contributed by atoms with Gasteiger partial charge in [0.05, 0.1) is 0 Å². The minimum Gasteiger partial charge on any atom is -0.480 e. The topological polar surface area (TPSA) is 66.6 Å². The van der Waals surface area contributed by atoms with Crippen LogP contribution in [0, 0.1) is 6.92 Å². The number of carbonyl (C=O) groups is 1. The van der Waals surface area contributed by atoms with Crippen molar-refractivity contribution in [1.29, 1.82) is 0 Å². The second-order valence-electron chi connectivity index (χ2n) is 4.52. The number of likely N-dealkylation sites (N-methyl/N-ethyl adjacent to an activating group) is 1. The molecule has 1 rings (SSSR count). The Balaban J connectivity index is 2.94. The molecule has 1 aromatic carbocycles. The zero-order valence-corrected chi connectivity index (χ0v) is 10.6. The molecular formula is C13H20N2O2. The molecule has 3 N–H and O–H groups in total. The summed E-state index contributed by atoms with van der Waals surface area (Å²) in [6, 6.07) is 7.90. The van der Waals surface area contributed by atoms with E-state index >= 15 is 0 Å². The summed E-state index contributed by atoms with van der Waals surface area (Å²) < 4.78 is 0. The maximum atomic E-state index is 11.0. The average Bonchev–Trinajstić information content (AvgIpc) is 2.26. The molecule has 0 radical (unpaired) electrons. The SMILES string of the molecule is CCN(CC(C)(N)C(=O)O)c1ccccc1C. The molecule has 0 aliphatic heterocycles. The second-order valence-corrected chi connectivity index (χ2v) is 4.52. The minimum atomic E-state index is -1.24. The van der Waals surface area contributed by atoms with Gasteiger partial charge in [-0.05, 0) is 32.4 Å². The van der Waals surface area contributed by atoms with E-state index in [1.807, 2.05) is 43.0 Å². The molecule has 1 aromatic rings. The Hall–Kier alpha value is -1.55. The van der Waals surface area contributed by atoms with Gasteiger partial charge in [0.2, 0.25) is 0 Å². The van der Waals surface area contributed by atoms with Crippen molar-refractivity contribution in [2.24, 2.45) is 5.73 Å². The first-order chi connectivity index (χ1) is 7.88. The van der Waals surface area contributed by atoms with Crippen LogP contribution in [0.25, 0.3) is 0 Å². The van der Waals surface area contributed by atoms with Gasteiger partial charge in [0.15, 0.2) is 0 Å². The van der Waals surface area contributed by atoms with Crippen LogP contribution in [0.1, 0.15) is 19.4 Å². The molecule has 0 amide bonds. The number of carboxylic acids is 1. The molecule has 0 bridgehead atoms. The summed E-state index contributed by atoms with van der Waals surface area (Å²) in [4.78, 5) is 13.0. The first kappa shape index (κ1) is 13.5. The Kier molecular flexibility index (Phi) is 4.12. The maximum absolute atomic E-state index is 11.0. The number of hydrogen-bond donors (Lipinski definition) is 2. The Morgan fingerprint density at radius 2 is 2.06 bits per heavy atom. The quantitative estimate of drug-likeness (QED) is 0.815. The van der Waals surface area contributed by atoms with E-state index < -0.39 is 11.5 Å². The van der Waals surface area contributed by atoms with Crippen LogP contribution in [0.5, 0.6) is 0 Å². The van der Waals surface area contributed by atoms with E-state index in [0.717, 1.165) is 17.8 Å². The van der Waals surface area contributed by atoms with Gasteiger partial charge < -0.3 is 15.7 Å². The Morgan fingerprint density at radius 3 is 2.53 bits per heavy atom. The number of rotatable bonds is 5. The number of nitrogens with two attached hydrogens (primary N) is 1. The molecular weight excluding hydrogens is 216 g/mol. The van der Waals surface area contributed by atoms with Gasteiger partial charge in [0.1, 0.15) is 5.54 Å². The van der Waals surface area contributed by atoms with Crippen LogP contribution in [0.15, 0.2) is 24.3 Å². The number of nitrogens with zero attached hydrogens (tertiary/aromatic N) is 1. The predicted octanol–water partition coefficient (Wildman–Crippen LogP) is 1.62. The van der Waals surface area contributed by atoms with Gasteiger partial charge in [-0.15, -0.1) is 0 Å². The van der Waals surface area contributed by atoms with Crippen molar-refractivity contribution < 1.29 is 9.90 Å². The third kappa shape index (κ3) is 3.20. The number of carboxylic acid groups (broad SMARTS) is 1. The average molecular weight is 236 g/mol. The van der Waals surface area contributed by atoms with Crippen LogP contribution in [0.3, 0.4) is 0 Å². The lowest BCUT2D eigenvalue weighted by Crippen LogP contribution is -2.54. The highest BCUT2D eigenvalue weighted by Gasteiger charge is 2.30. The summed E-state index contributed by atoms with van der Waals surface area (Å²) >= 11 is 0. The third-order valence-electron chi connectivity index (χ3n) is 2.85. The number of benzene rings is 1. The van der Waals surface area contributed by atoms with Crippen LogP contribution >= 0.6 is 0 Å². The van der Waals surface area contributed by atoms with E-state index in [1.165, 1.54) is 6.92 Å². The minimum absolute atomic E-state index is 0.295. The van der Waals surface area contributed by atoms with Crippen molar-refractivity contribution >= 4 is 11.7 Å². The second kappa shape index (κ2) is 5.19. The summed E-state index contributed by atoms with van der Waals surface area (Å²) in [5, 5.41) is 9.05. The van der Waals surface area contributed by atoms with Crippen molar-refractivity contribution in [3.63, 3.8) is 0 Å². The fourth-order valence-corrected chi connectivity index (χ4v) is 1.75. The van der Waals surface area contributed by atoms with Crippen LogP contribution < -0.4 is 10.6 Å². The van der Waals surface area contributed by atoms with Crippen LogP contribution in [-0.2, 0) is 4.79 Å². The molecule has 0 fully saturated rings. The molecule has 0 saturated heterocycles. The predicted molar refractivity (Wildman–Crippen MR) is 69.3 cm³/mol. The van der Waals surface area contributed by atoms with E-state index in [1.54, 1.807) is 0 Å². The number of para-hydroxylation sites is 1. The largest absolute Gasteiger partial charge is 0.480 e. The van der Waals surface area contributed by atoms with E-state index in [4.69, 9.17) is 10.8 Å². The molecule has 4 nitrogen and oxygen atoms in total. The lowest BCUT2D eigenvalue weighted by molar-refractivity contribution is -0.142. The molecule has 94 valence electrons. The highest BCUT2D eigenvalue weighted by Crippen LogP contribution is 2.20. The molecule has 17 heavy (non-hydrogen) atoms. The standard InChI is InChI=1S/C13H20N2O2/c1-4-15(9-13(3,14)12(16)17)11-8-6-5-7-10(11)2/h5-8H,4,9,14H2,1-3H3,(H,16,17). The monoisotopic (exact) mass is 236 g/mol. The first-order valence-electron chi connectivity index (χ1n) is 5.71. The highest BCUT2D eigenvalue weighted by atomic mass is 16.4. The normalized spacial score (nSPS) is 14.1. The fraction of sp³-hybridized carbons (Fsp3) is 0.462. The summed E-state index contributed by atoms with van der Waals surface area (Å²) in [6.07, 6.45) is 0.